The number of rotatable bonds is 14. The van der Waals surface area contributed by atoms with Crippen molar-refractivity contribution in [1.82, 2.24) is 20.4 Å². The first-order valence-electron chi connectivity index (χ1n) is 14.4. The van der Waals surface area contributed by atoms with Crippen LogP contribution in [0.2, 0.25) is 0 Å². The van der Waals surface area contributed by atoms with Crippen molar-refractivity contribution < 1.29 is 28.7 Å². The zero-order chi connectivity index (χ0) is 29.9. The Bertz CT molecular complexity index is 1150. The van der Waals surface area contributed by atoms with Gasteiger partial charge < -0.3 is 20.1 Å². The van der Waals surface area contributed by atoms with Gasteiger partial charge in [0.2, 0.25) is 0 Å². The summed E-state index contributed by atoms with van der Waals surface area (Å²) < 4.78 is 11.3. The van der Waals surface area contributed by atoms with Crippen LogP contribution in [0.1, 0.15) is 91.3 Å². The van der Waals surface area contributed by atoms with E-state index < -0.39 is 42.5 Å². The van der Waals surface area contributed by atoms with Gasteiger partial charge in [-0.25, -0.2) is 14.5 Å². The molecule has 0 bridgehead atoms. The number of nitrogens with zero attached hydrogens (tertiary/aromatic N) is 2. The molecule has 3 rings (SSSR count). The van der Waals surface area contributed by atoms with E-state index in [2.05, 4.69) is 10.6 Å². The molecule has 2 aromatic carbocycles. The summed E-state index contributed by atoms with van der Waals surface area (Å²) in [6.45, 7) is 10.3. The van der Waals surface area contributed by atoms with E-state index in [0.717, 1.165) is 36.8 Å². The predicted molar refractivity (Wildman–Crippen MR) is 155 cm³/mol. The third-order valence-corrected chi connectivity index (χ3v) is 7.04. The minimum atomic E-state index is -0.863. The minimum absolute atomic E-state index is 0.0434. The van der Waals surface area contributed by atoms with E-state index in [4.69, 9.17) is 9.47 Å². The highest BCUT2D eigenvalue weighted by Crippen LogP contribution is 2.33. The molecule has 3 atom stereocenters. The summed E-state index contributed by atoms with van der Waals surface area (Å²) in [7, 11) is 0. The van der Waals surface area contributed by atoms with Gasteiger partial charge in [0.05, 0.1) is 17.2 Å². The second kappa shape index (κ2) is 15.2. The first-order valence-corrected chi connectivity index (χ1v) is 14.4. The van der Waals surface area contributed by atoms with E-state index in [9.17, 15) is 19.2 Å². The topological polar surface area (TPSA) is 117 Å². The van der Waals surface area contributed by atoms with Crippen LogP contribution in [0.4, 0.5) is 9.59 Å². The number of amides is 4. The molecule has 0 saturated heterocycles. The van der Waals surface area contributed by atoms with Gasteiger partial charge in [-0.3, -0.25) is 14.5 Å². The summed E-state index contributed by atoms with van der Waals surface area (Å²) in [5.41, 5.74) is 2.35. The number of aryl methyl sites for hydroxylation is 1. The van der Waals surface area contributed by atoms with Gasteiger partial charge in [0, 0.05) is 19.6 Å². The fourth-order valence-corrected chi connectivity index (χ4v) is 4.76. The molecule has 0 fully saturated rings. The SMILES string of the molecule is CCCCNC(=O)OC(C)N(CC(c1cccc(C)c1)N1C(=O)c2ccccc2C1=O)C(C)OC(=O)NCCCC. The highest BCUT2D eigenvalue weighted by atomic mass is 16.6. The van der Waals surface area contributed by atoms with Crippen LogP contribution in [-0.4, -0.2) is 65.9 Å². The Morgan fingerprint density at radius 2 is 1.34 bits per heavy atom. The van der Waals surface area contributed by atoms with Crippen LogP contribution in [0.3, 0.4) is 0 Å². The standard InChI is InChI=1S/C31H42N4O6/c1-6-8-17-32-30(38)40-22(4)34(23(5)41-31(39)33-18-9-7-2)20-27(24-14-12-13-21(3)19-24)35-28(36)25-15-10-11-16-26(25)29(35)37/h10-16,19,22-23,27H,6-9,17-18,20H2,1-5H3,(H,32,38)(H,33,39). The van der Waals surface area contributed by atoms with Crippen LogP contribution >= 0.6 is 0 Å². The second-order valence-electron chi connectivity index (χ2n) is 10.2. The lowest BCUT2D eigenvalue weighted by molar-refractivity contribution is -0.0988. The number of fused-ring (bicyclic) bond motifs is 1. The molecule has 1 aliphatic heterocycles. The van der Waals surface area contributed by atoms with Crippen molar-refractivity contribution in [1.29, 1.82) is 0 Å². The van der Waals surface area contributed by atoms with Gasteiger partial charge in [-0.15, -0.1) is 0 Å². The molecule has 0 radical (unpaired) electrons. The lowest BCUT2D eigenvalue weighted by atomic mass is 10.0. The molecule has 1 aliphatic rings. The van der Waals surface area contributed by atoms with Crippen molar-refractivity contribution in [3.8, 4) is 0 Å². The van der Waals surface area contributed by atoms with Crippen LogP contribution < -0.4 is 10.6 Å². The van der Waals surface area contributed by atoms with E-state index in [0.29, 0.717) is 24.2 Å². The van der Waals surface area contributed by atoms with Crippen LogP contribution in [0.25, 0.3) is 0 Å². The maximum Gasteiger partial charge on any atom is 0.408 e. The largest absolute Gasteiger partial charge is 0.430 e. The number of carbonyl (C=O) groups is 4. The van der Waals surface area contributed by atoms with E-state index in [1.807, 2.05) is 45.0 Å². The summed E-state index contributed by atoms with van der Waals surface area (Å²) in [6.07, 6.45) is 0.498. The maximum atomic E-state index is 13.6. The molecule has 10 heteroatoms. The zero-order valence-electron chi connectivity index (χ0n) is 24.6. The Morgan fingerprint density at radius 1 is 0.829 bits per heavy atom. The average molecular weight is 567 g/mol. The number of hydrogen-bond donors (Lipinski definition) is 2. The third-order valence-electron chi connectivity index (χ3n) is 7.04. The van der Waals surface area contributed by atoms with E-state index in [1.54, 1.807) is 43.0 Å². The summed E-state index contributed by atoms with van der Waals surface area (Å²) in [6, 6.07) is 13.5. The van der Waals surface area contributed by atoms with Gasteiger partial charge in [-0.2, -0.15) is 0 Å². The second-order valence-corrected chi connectivity index (χ2v) is 10.2. The molecule has 2 aromatic rings. The number of carbonyl (C=O) groups excluding carboxylic acids is 4. The molecule has 0 aliphatic carbocycles. The smallest absolute Gasteiger partial charge is 0.408 e. The number of unbranched alkanes of at least 4 members (excludes halogenated alkanes) is 2. The van der Waals surface area contributed by atoms with Gasteiger partial charge in [0.25, 0.3) is 11.8 Å². The highest BCUT2D eigenvalue weighted by molar-refractivity contribution is 6.21. The zero-order valence-corrected chi connectivity index (χ0v) is 24.6. The summed E-state index contributed by atoms with van der Waals surface area (Å²) in [5.74, 6) is -0.817. The van der Waals surface area contributed by atoms with Crippen molar-refractivity contribution in [3.63, 3.8) is 0 Å². The average Bonchev–Trinajstić information content (AvgIpc) is 3.19. The van der Waals surface area contributed by atoms with E-state index in [-0.39, 0.29) is 6.54 Å². The monoisotopic (exact) mass is 566 g/mol. The van der Waals surface area contributed by atoms with Gasteiger partial charge in [-0.1, -0.05) is 68.7 Å². The molecule has 10 nitrogen and oxygen atoms in total. The molecular weight excluding hydrogens is 524 g/mol. The third kappa shape index (κ3) is 8.29. The van der Waals surface area contributed by atoms with Gasteiger partial charge >= 0.3 is 12.2 Å². The van der Waals surface area contributed by atoms with Crippen molar-refractivity contribution in [3.05, 3.63) is 70.8 Å². The molecule has 0 saturated carbocycles. The number of ether oxygens (including phenoxy) is 2. The van der Waals surface area contributed by atoms with E-state index in [1.165, 1.54) is 4.90 Å². The molecule has 0 spiro atoms. The van der Waals surface area contributed by atoms with Gasteiger partial charge in [0.1, 0.15) is 0 Å². The quantitative estimate of drug-likeness (QED) is 0.179. The van der Waals surface area contributed by atoms with Crippen LogP contribution in [0.5, 0.6) is 0 Å². The van der Waals surface area contributed by atoms with E-state index >= 15 is 0 Å². The molecule has 222 valence electrons. The summed E-state index contributed by atoms with van der Waals surface area (Å²) in [5, 5.41) is 5.46. The lowest BCUT2D eigenvalue weighted by Gasteiger charge is -2.38. The summed E-state index contributed by atoms with van der Waals surface area (Å²) >= 11 is 0. The van der Waals surface area contributed by atoms with Crippen molar-refractivity contribution in [2.24, 2.45) is 0 Å². The molecule has 1 heterocycles. The minimum Gasteiger partial charge on any atom is -0.430 e. The molecule has 0 aromatic heterocycles. The first kappa shape index (κ1) is 31.6. The number of imide groups is 1. The lowest BCUT2D eigenvalue weighted by Crippen LogP contribution is -2.51. The Balaban J connectivity index is 1.94. The predicted octanol–water partition coefficient (Wildman–Crippen LogP) is 5.38. The van der Waals surface area contributed by atoms with Crippen molar-refractivity contribution >= 4 is 24.0 Å². The number of alkyl carbamates (subject to hydrolysis) is 2. The first-order chi connectivity index (χ1) is 19.7. The molecule has 3 unspecified atom stereocenters. The molecule has 41 heavy (non-hydrogen) atoms. The summed E-state index contributed by atoms with van der Waals surface area (Å²) in [4.78, 5) is 55.2. The Hall–Kier alpha value is -3.92. The number of benzene rings is 2. The molecule has 4 amide bonds. The normalized spacial score (nSPS) is 14.8. The number of nitrogens with one attached hydrogen (secondary N) is 2. The Kier molecular flexibility index (Phi) is 11.7. The van der Waals surface area contributed by atoms with Crippen LogP contribution in [0, 0.1) is 6.92 Å². The van der Waals surface area contributed by atoms with Crippen molar-refractivity contribution in [2.75, 3.05) is 19.6 Å². The Labute approximate surface area is 242 Å². The fraction of sp³-hybridized carbons (Fsp3) is 0.484. The van der Waals surface area contributed by atoms with Crippen LogP contribution in [0.15, 0.2) is 48.5 Å². The fourth-order valence-electron chi connectivity index (χ4n) is 4.76. The van der Waals surface area contributed by atoms with Gasteiger partial charge in [-0.05, 0) is 51.3 Å². The van der Waals surface area contributed by atoms with Crippen molar-refractivity contribution in [2.45, 2.75) is 78.8 Å². The highest BCUT2D eigenvalue weighted by Gasteiger charge is 2.42. The molecule has 2 N–H and O–H groups in total. The molecular formula is C31H42N4O6. The van der Waals surface area contributed by atoms with Crippen LogP contribution in [-0.2, 0) is 9.47 Å². The van der Waals surface area contributed by atoms with Gasteiger partial charge in [0.15, 0.2) is 12.5 Å². The number of hydrogen-bond acceptors (Lipinski definition) is 7. The maximum absolute atomic E-state index is 13.6. The Morgan fingerprint density at radius 3 is 1.80 bits per heavy atom.